The number of rotatable bonds is 10. The highest BCUT2D eigenvalue weighted by molar-refractivity contribution is 5.84. The average molecular weight is 286 g/mol. The SMILES string of the molecule is CCC(CCN)CCC(=O)N[C@@H](CC(C)C)C(=O)OC. The summed E-state index contributed by atoms with van der Waals surface area (Å²) in [6.45, 7) is 6.78. The van der Waals surface area contributed by atoms with Crippen molar-refractivity contribution in [2.45, 2.75) is 58.9 Å². The van der Waals surface area contributed by atoms with Gasteiger partial charge in [0.25, 0.3) is 0 Å². The second kappa shape index (κ2) is 10.7. The minimum Gasteiger partial charge on any atom is -0.467 e. The minimum atomic E-state index is -0.540. The number of hydrogen-bond acceptors (Lipinski definition) is 4. The smallest absolute Gasteiger partial charge is 0.328 e. The van der Waals surface area contributed by atoms with Crippen molar-refractivity contribution < 1.29 is 14.3 Å². The molecular weight excluding hydrogens is 256 g/mol. The normalized spacial score (nSPS) is 13.9. The molecule has 0 saturated carbocycles. The molecule has 0 aromatic carbocycles. The lowest BCUT2D eigenvalue weighted by Gasteiger charge is -2.19. The minimum absolute atomic E-state index is 0.0866. The van der Waals surface area contributed by atoms with Crippen molar-refractivity contribution in [3.8, 4) is 0 Å². The van der Waals surface area contributed by atoms with Crippen molar-refractivity contribution in [3.05, 3.63) is 0 Å². The maximum Gasteiger partial charge on any atom is 0.328 e. The third-order valence-electron chi connectivity index (χ3n) is 3.46. The van der Waals surface area contributed by atoms with E-state index in [4.69, 9.17) is 10.5 Å². The molecule has 0 aliphatic heterocycles. The maximum absolute atomic E-state index is 11.9. The van der Waals surface area contributed by atoms with Crippen molar-refractivity contribution in [1.82, 2.24) is 5.32 Å². The zero-order valence-electron chi connectivity index (χ0n) is 13.3. The number of carbonyl (C=O) groups is 2. The molecule has 0 spiro atoms. The summed E-state index contributed by atoms with van der Waals surface area (Å²) in [6, 6.07) is -0.540. The van der Waals surface area contributed by atoms with E-state index in [9.17, 15) is 9.59 Å². The van der Waals surface area contributed by atoms with E-state index in [1.54, 1.807) is 0 Å². The first-order valence-electron chi connectivity index (χ1n) is 7.51. The van der Waals surface area contributed by atoms with E-state index in [1.165, 1.54) is 7.11 Å². The molecule has 0 aliphatic carbocycles. The highest BCUT2D eigenvalue weighted by Gasteiger charge is 2.22. The Labute approximate surface area is 122 Å². The summed E-state index contributed by atoms with van der Waals surface area (Å²) < 4.78 is 4.73. The van der Waals surface area contributed by atoms with E-state index in [-0.39, 0.29) is 11.9 Å². The molecule has 5 heteroatoms. The van der Waals surface area contributed by atoms with E-state index in [1.807, 2.05) is 13.8 Å². The second-order valence-corrected chi connectivity index (χ2v) is 5.66. The molecule has 3 N–H and O–H groups in total. The van der Waals surface area contributed by atoms with E-state index in [0.29, 0.717) is 31.2 Å². The molecule has 1 unspecified atom stereocenters. The Morgan fingerprint density at radius 3 is 2.35 bits per heavy atom. The van der Waals surface area contributed by atoms with Gasteiger partial charge in [-0.2, -0.15) is 0 Å². The lowest BCUT2D eigenvalue weighted by atomic mass is 9.96. The summed E-state index contributed by atoms with van der Waals surface area (Å²) in [4.78, 5) is 23.6. The molecule has 0 saturated heterocycles. The largest absolute Gasteiger partial charge is 0.467 e. The number of nitrogens with two attached hydrogens (primary N) is 1. The predicted molar refractivity (Wildman–Crippen MR) is 80.1 cm³/mol. The first-order valence-corrected chi connectivity index (χ1v) is 7.51. The molecule has 20 heavy (non-hydrogen) atoms. The molecule has 0 aliphatic rings. The van der Waals surface area contributed by atoms with Gasteiger partial charge in [-0.25, -0.2) is 4.79 Å². The topological polar surface area (TPSA) is 81.4 Å². The Bertz CT molecular complexity index is 293. The Morgan fingerprint density at radius 2 is 1.90 bits per heavy atom. The lowest BCUT2D eigenvalue weighted by molar-refractivity contribution is -0.145. The average Bonchev–Trinajstić information content (AvgIpc) is 2.41. The van der Waals surface area contributed by atoms with Gasteiger partial charge in [-0.1, -0.05) is 27.2 Å². The van der Waals surface area contributed by atoms with E-state index < -0.39 is 6.04 Å². The number of carbonyl (C=O) groups excluding carboxylic acids is 2. The predicted octanol–water partition coefficient (Wildman–Crippen LogP) is 1.85. The van der Waals surface area contributed by atoms with Crippen LogP contribution in [-0.2, 0) is 14.3 Å². The van der Waals surface area contributed by atoms with Crippen molar-refractivity contribution in [1.29, 1.82) is 0 Å². The number of methoxy groups -OCH3 is 1. The van der Waals surface area contributed by atoms with Gasteiger partial charge in [0.1, 0.15) is 6.04 Å². The number of esters is 1. The Kier molecular flexibility index (Phi) is 10.1. The van der Waals surface area contributed by atoms with Crippen LogP contribution in [-0.4, -0.2) is 31.6 Å². The van der Waals surface area contributed by atoms with Crippen molar-refractivity contribution >= 4 is 11.9 Å². The molecular formula is C15H30N2O3. The Balaban J connectivity index is 4.27. The molecule has 1 amide bonds. The third-order valence-corrected chi connectivity index (χ3v) is 3.46. The van der Waals surface area contributed by atoms with Gasteiger partial charge >= 0.3 is 5.97 Å². The monoisotopic (exact) mass is 286 g/mol. The molecule has 0 bridgehead atoms. The third kappa shape index (κ3) is 8.15. The Hall–Kier alpha value is -1.10. The van der Waals surface area contributed by atoms with E-state index >= 15 is 0 Å². The summed E-state index contributed by atoms with van der Waals surface area (Å²) in [5.74, 6) is 0.338. The highest BCUT2D eigenvalue weighted by Crippen LogP contribution is 2.14. The number of nitrogens with one attached hydrogen (secondary N) is 1. The van der Waals surface area contributed by atoms with Gasteiger partial charge in [0.05, 0.1) is 7.11 Å². The quantitative estimate of drug-likeness (QED) is 0.600. The van der Waals surface area contributed by atoms with Crippen LogP contribution in [0.1, 0.15) is 52.9 Å². The van der Waals surface area contributed by atoms with Gasteiger partial charge in [0.2, 0.25) is 5.91 Å². The zero-order chi connectivity index (χ0) is 15.5. The molecule has 0 aromatic heterocycles. The van der Waals surface area contributed by atoms with Crippen LogP contribution in [0.4, 0.5) is 0 Å². The van der Waals surface area contributed by atoms with Gasteiger partial charge in [-0.05, 0) is 37.6 Å². The fourth-order valence-electron chi connectivity index (χ4n) is 2.22. The van der Waals surface area contributed by atoms with Crippen LogP contribution in [0, 0.1) is 11.8 Å². The van der Waals surface area contributed by atoms with Crippen LogP contribution in [0.3, 0.4) is 0 Å². The van der Waals surface area contributed by atoms with Crippen molar-refractivity contribution in [3.63, 3.8) is 0 Å². The summed E-state index contributed by atoms with van der Waals surface area (Å²) >= 11 is 0. The number of hydrogen-bond donors (Lipinski definition) is 2. The van der Waals surface area contributed by atoms with Gasteiger partial charge in [-0.3, -0.25) is 4.79 Å². The van der Waals surface area contributed by atoms with Gasteiger partial charge in [-0.15, -0.1) is 0 Å². The van der Waals surface area contributed by atoms with E-state index in [0.717, 1.165) is 19.3 Å². The van der Waals surface area contributed by atoms with Crippen LogP contribution >= 0.6 is 0 Å². The molecule has 0 fully saturated rings. The lowest BCUT2D eigenvalue weighted by Crippen LogP contribution is -2.42. The molecule has 5 nitrogen and oxygen atoms in total. The fourth-order valence-corrected chi connectivity index (χ4v) is 2.22. The van der Waals surface area contributed by atoms with Gasteiger partial charge in [0, 0.05) is 6.42 Å². The van der Waals surface area contributed by atoms with Gasteiger partial charge < -0.3 is 15.8 Å². The second-order valence-electron chi connectivity index (χ2n) is 5.66. The molecule has 118 valence electrons. The van der Waals surface area contributed by atoms with Crippen LogP contribution in [0.25, 0.3) is 0 Å². The van der Waals surface area contributed by atoms with E-state index in [2.05, 4.69) is 12.2 Å². The molecule has 0 heterocycles. The van der Waals surface area contributed by atoms with Crippen LogP contribution in [0.5, 0.6) is 0 Å². The van der Waals surface area contributed by atoms with Crippen LogP contribution in [0.2, 0.25) is 0 Å². The molecule has 2 atom stereocenters. The van der Waals surface area contributed by atoms with Crippen molar-refractivity contribution in [2.24, 2.45) is 17.6 Å². The maximum atomic E-state index is 11.9. The molecule has 0 radical (unpaired) electrons. The highest BCUT2D eigenvalue weighted by atomic mass is 16.5. The van der Waals surface area contributed by atoms with Crippen LogP contribution < -0.4 is 11.1 Å². The summed E-state index contributed by atoms with van der Waals surface area (Å²) in [5, 5.41) is 2.78. The fraction of sp³-hybridized carbons (Fsp3) is 0.867. The first-order chi connectivity index (χ1) is 9.44. The number of ether oxygens (including phenoxy) is 1. The summed E-state index contributed by atoms with van der Waals surface area (Å²) in [6.07, 6.45) is 3.81. The molecule has 0 rings (SSSR count). The standard InChI is InChI=1S/C15H30N2O3/c1-5-12(8-9-16)6-7-14(18)17-13(10-11(2)3)15(19)20-4/h11-13H,5-10,16H2,1-4H3,(H,17,18)/t12?,13-/m0/s1. The zero-order valence-corrected chi connectivity index (χ0v) is 13.3. The first kappa shape index (κ1) is 18.9. The summed E-state index contributed by atoms with van der Waals surface area (Å²) in [7, 11) is 1.34. The summed E-state index contributed by atoms with van der Waals surface area (Å²) in [5.41, 5.74) is 5.54. The van der Waals surface area contributed by atoms with Crippen LogP contribution in [0.15, 0.2) is 0 Å². The van der Waals surface area contributed by atoms with Crippen molar-refractivity contribution in [2.75, 3.05) is 13.7 Å². The number of amides is 1. The van der Waals surface area contributed by atoms with Gasteiger partial charge in [0.15, 0.2) is 0 Å². The molecule has 0 aromatic rings. The Morgan fingerprint density at radius 1 is 1.25 bits per heavy atom.